The summed E-state index contributed by atoms with van der Waals surface area (Å²) < 4.78 is 72.5. The molecule has 2 amide bonds. The number of fused-ring (bicyclic) bond motifs is 3. The number of hydrogen-bond donors (Lipinski definition) is 0. The molecule has 0 atom stereocenters. The average molecular weight is 960 g/mol. The number of ether oxygens (including phenoxy) is 2. The molecule has 68 heavy (non-hydrogen) atoms. The second-order valence-corrected chi connectivity index (χ2v) is 20.4. The topological polar surface area (TPSA) is 143 Å². The Morgan fingerprint density at radius 2 is 1.06 bits per heavy atom. The number of anilines is 2. The first-order valence-corrected chi connectivity index (χ1v) is 23.9. The maximum atomic E-state index is 13.1. The number of aldehydes is 1. The lowest BCUT2D eigenvalue weighted by atomic mass is 10.1. The van der Waals surface area contributed by atoms with E-state index in [1.165, 1.54) is 49.8 Å². The van der Waals surface area contributed by atoms with Crippen LogP contribution < -0.4 is 9.80 Å². The van der Waals surface area contributed by atoms with Crippen molar-refractivity contribution in [2.45, 2.75) is 103 Å². The van der Waals surface area contributed by atoms with Crippen LogP contribution in [0.3, 0.4) is 0 Å². The van der Waals surface area contributed by atoms with Gasteiger partial charge in [0.2, 0.25) is 5.69 Å². The Bertz CT molecular complexity index is 2690. The fourth-order valence-corrected chi connectivity index (χ4v) is 8.68. The number of carbonyl (C=O) groups excluding carboxylic acids is 3. The van der Waals surface area contributed by atoms with Crippen LogP contribution in [-0.2, 0) is 43.6 Å². The van der Waals surface area contributed by atoms with E-state index >= 15 is 0 Å². The van der Waals surface area contributed by atoms with Gasteiger partial charge in [0.05, 0.1) is 11.4 Å². The van der Waals surface area contributed by atoms with Crippen LogP contribution in [0, 0.1) is 0 Å². The molecule has 0 saturated carbocycles. The highest BCUT2D eigenvalue weighted by Gasteiger charge is 2.37. The molecule has 0 bridgehead atoms. The van der Waals surface area contributed by atoms with Crippen molar-refractivity contribution in [2.75, 3.05) is 43.5 Å². The Labute approximate surface area is 397 Å². The van der Waals surface area contributed by atoms with Crippen LogP contribution in [0.15, 0.2) is 119 Å². The number of benzene rings is 3. The molecule has 0 unspecified atom stereocenters. The van der Waals surface area contributed by atoms with Gasteiger partial charge in [-0.05, 0) is 114 Å². The highest BCUT2D eigenvalue weighted by Crippen LogP contribution is 2.39. The number of rotatable bonds is 6. The van der Waals surface area contributed by atoms with E-state index in [4.69, 9.17) is 22.4 Å². The Kier molecular flexibility index (Phi) is 15.5. The van der Waals surface area contributed by atoms with Gasteiger partial charge in [0.1, 0.15) is 17.5 Å². The number of halogens is 3. The first-order valence-electron chi connectivity index (χ1n) is 22.5. The maximum absolute atomic E-state index is 13.1. The molecule has 0 N–H and O–H groups in total. The maximum Gasteiger partial charge on any atom is 0.485 e. The van der Waals surface area contributed by atoms with Gasteiger partial charge in [0.25, 0.3) is 0 Å². The number of likely N-dealkylation sites (N-methyl/N-ethyl adjacent to an activating group) is 2. The van der Waals surface area contributed by atoms with Gasteiger partial charge in [0, 0.05) is 80.2 Å². The van der Waals surface area contributed by atoms with Crippen LogP contribution in [0.1, 0.15) is 83.9 Å². The van der Waals surface area contributed by atoms with Crippen LogP contribution in [0.4, 0.5) is 39.8 Å². The molecular weight excluding hydrogens is 900 g/mol. The summed E-state index contributed by atoms with van der Waals surface area (Å²) in [7, 11) is -2.58. The number of amides is 2. The smallest absolute Gasteiger partial charge is 0.485 e. The van der Waals surface area contributed by atoms with E-state index < -0.39 is 32.9 Å². The standard InChI is InChI=1S/C29H34N3O2.C21H26N2O3.CHF3O3S/c1-29(2,3)34-28(33)30(4)27-23(19-31-17-15-21-9-5-7-11-25(21)31)13-14-24(27)20-32-18-16-22-10-6-8-12-26(22)32;1-21(2,3)26-20(25)22(4)19-16(9-10-17(19)14-24)13-23-12-11-15-7-5-6-8-18(15)23;2-1(3,4)8(5,6)7/h5-12,19-20H,13-18H2,1-4H3;5-8,13-14H,9-12H2,1-4H3;(H,5,6,7)/q+1;;/p-1/b;16-13+;. The van der Waals surface area contributed by atoms with E-state index in [1.807, 2.05) is 54.7 Å². The summed E-state index contributed by atoms with van der Waals surface area (Å²) in [6.07, 6.45) is 13.0. The summed E-state index contributed by atoms with van der Waals surface area (Å²) in [4.78, 5) is 44.9. The third-order valence-corrected chi connectivity index (χ3v) is 12.2. The van der Waals surface area contributed by atoms with Crippen LogP contribution in [-0.4, -0.2) is 102 Å². The van der Waals surface area contributed by atoms with Gasteiger partial charge < -0.3 is 23.8 Å². The number of hydrogen-bond acceptors (Lipinski definition) is 10. The van der Waals surface area contributed by atoms with Crippen molar-refractivity contribution in [3.63, 3.8) is 0 Å². The van der Waals surface area contributed by atoms with Gasteiger partial charge in [-0.1, -0.05) is 54.6 Å². The molecule has 3 heterocycles. The van der Waals surface area contributed by atoms with Gasteiger partial charge in [0.15, 0.2) is 22.9 Å². The van der Waals surface area contributed by atoms with Crippen molar-refractivity contribution in [2.24, 2.45) is 0 Å². The molecule has 2 aliphatic carbocycles. The summed E-state index contributed by atoms with van der Waals surface area (Å²) in [5.41, 5.74) is 6.70. The minimum atomic E-state index is -6.09. The Balaban J connectivity index is 0.000000198. The Morgan fingerprint density at radius 3 is 1.50 bits per heavy atom. The van der Waals surface area contributed by atoms with Crippen LogP contribution >= 0.6 is 0 Å². The van der Waals surface area contributed by atoms with Gasteiger partial charge in [-0.2, -0.15) is 17.7 Å². The summed E-state index contributed by atoms with van der Waals surface area (Å²) >= 11 is 0. The van der Waals surface area contributed by atoms with Gasteiger partial charge in [-0.25, -0.2) is 18.0 Å². The van der Waals surface area contributed by atoms with E-state index in [-0.39, 0.29) is 6.09 Å². The summed E-state index contributed by atoms with van der Waals surface area (Å²) in [5, 5.41) is 0. The quantitative estimate of drug-likeness (QED) is 0.101. The molecule has 0 spiro atoms. The van der Waals surface area contributed by atoms with Crippen LogP contribution in [0.2, 0.25) is 0 Å². The SMILES string of the molecule is CN(C(=O)OC(C)(C)C)C1=C(C=O)CC/C1=C\N1CCc2ccccc21.CN(C(=O)OC(C)(C)C)C1=C(C=[N+]2CCc3ccccc32)CC/C1=C\N1CCc2ccccc21.O=S(=O)([O-])C(F)(F)F. The minimum Gasteiger partial charge on any atom is -0.741 e. The predicted octanol–water partition coefficient (Wildman–Crippen LogP) is 9.92. The predicted molar refractivity (Wildman–Crippen MR) is 254 cm³/mol. The second kappa shape index (κ2) is 20.6. The number of alkyl halides is 3. The van der Waals surface area contributed by atoms with Gasteiger partial charge in [-0.3, -0.25) is 14.6 Å². The van der Waals surface area contributed by atoms with Gasteiger partial charge in [-0.15, -0.1) is 0 Å². The fourth-order valence-electron chi connectivity index (χ4n) is 8.68. The lowest BCUT2D eigenvalue weighted by molar-refractivity contribution is -0.423. The molecule has 0 fully saturated rings. The Hall–Kier alpha value is -6.20. The zero-order valence-corrected chi connectivity index (χ0v) is 40.7. The van der Waals surface area contributed by atoms with Crippen molar-refractivity contribution in [1.29, 1.82) is 0 Å². The molecule has 364 valence electrons. The average Bonchev–Trinajstić information content (AvgIpc) is 4.11. The van der Waals surface area contributed by atoms with Crippen LogP contribution in [0.25, 0.3) is 0 Å². The molecule has 8 rings (SSSR count). The molecule has 0 aromatic heterocycles. The highest BCUT2D eigenvalue weighted by molar-refractivity contribution is 7.86. The largest absolute Gasteiger partial charge is 0.741 e. The molecule has 0 saturated heterocycles. The summed E-state index contributed by atoms with van der Waals surface area (Å²) in [6.45, 7) is 14.1. The molecule has 13 nitrogen and oxygen atoms in total. The molecule has 3 aromatic carbocycles. The number of carbonyl (C=O) groups is 3. The molecule has 17 heteroatoms. The van der Waals surface area contributed by atoms with E-state index in [1.54, 1.807) is 11.9 Å². The van der Waals surface area contributed by atoms with Crippen molar-refractivity contribution >= 4 is 51.9 Å². The van der Waals surface area contributed by atoms with E-state index in [0.29, 0.717) is 17.7 Å². The van der Waals surface area contributed by atoms with Crippen molar-refractivity contribution in [1.82, 2.24) is 9.80 Å². The minimum absolute atomic E-state index is 0.315. The van der Waals surface area contributed by atoms with E-state index in [0.717, 1.165) is 75.7 Å². The van der Waals surface area contributed by atoms with Crippen molar-refractivity contribution < 1.29 is 54.6 Å². The molecule has 5 aliphatic rings. The zero-order valence-electron chi connectivity index (χ0n) is 39.9. The number of para-hydroxylation sites is 3. The molecule has 3 aliphatic heterocycles. The normalized spacial score (nSPS) is 18.5. The summed E-state index contributed by atoms with van der Waals surface area (Å²) in [5.74, 6) is 0. The number of allylic oxidation sites excluding steroid dienone is 4. The van der Waals surface area contributed by atoms with Crippen molar-refractivity contribution in [3.05, 3.63) is 136 Å². The number of nitrogens with zero attached hydrogens (tertiary/aromatic N) is 5. The van der Waals surface area contributed by atoms with E-state index in [2.05, 4.69) is 99.7 Å². The van der Waals surface area contributed by atoms with Crippen molar-refractivity contribution in [3.8, 4) is 0 Å². The zero-order chi connectivity index (χ0) is 49.8. The molecular formula is C51H60F3N5O8S. The first-order chi connectivity index (χ1) is 31.8. The second-order valence-electron chi connectivity index (χ2n) is 19.0. The monoisotopic (exact) mass is 959 g/mol. The van der Waals surface area contributed by atoms with E-state index in [9.17, 15) is 27.6 Å². The Morgan fingerprint density at radius 1 is 0.647 bits per heavy atom. The highest BCUT2D eigenvalue weighted by atomic mass is 32.2. The third kappa shape index (κ3) is 12.5. The van der Waals surface area contributed by atoms with Crippen LogP contribution in [0.5, 0.6) is 0 Å². The lowest BCUT2D eigenvalue weighted by Gasteiger charge is -2.27. The summed E-state index contributed by atoms with van der Waals surface area (Å²) in [6, 6.07) is 25.5. The third-order valence-electron chi connectivity index (χ3n) is 11.7. The molecule has 0 radical (unpaired) electrons. The van der Waals surface area contributed by atoms with Gasteiger partial charge >= 0.3 is 17.7 Å². The molecule has 3 aromatic rings. The first kappa shape index (κ1) is 51.2. The fraction of sp³-hybridized carbons (Fsp3) is 0.412. The lowest BCUT2D eigenvalue weighted by Crippen LogP contribution is -2.34.